The van der Waals surface area contributed by atoms with Gasteiger partial charge in [0, 0.05) is 4.47 Å². The molecule has 0 aliphatic rings. The molecule has 0 fully saturated rings. The average molecular weight is 320 g/mol. The topological polar surface area (TPSA) is 86.6 Å². The van der Waals surface area contributed by atoms with Gasteiger partial charge in [0.1, 0.15) is 5.82 Å². The van der Waals surface area contributed by atoms with Crippen molar-refractivity contribution in [2.24, 2.45) is 0 Å². The van der Waals surface area contributed by atoms with Gasteiger partial charge in [-0.25, -0.2) is 9.18 Å². The first-order chi connectivity index (χ1) is 8.32. The number of benzene rings is 1. The van der Waals surface area contributed by atoms with Crippen LogP contribution in [0, 0.1) is 5.82 Å². The van der Waals surface area contributed by atoms with E-state index in [0.717, 1.165) is 6.07 Å². The van der Waals surface area contributed by atoms with Crippen LogP contribution in [0.2, 0.25) is 0 Å². The van der Waals surface area contributed by atoms with Gasteiger partial charge in [-0.05, 0) is 25.1 Å². The number of hydrogen-bond donors (Lipinski definition) is 3. The smallest absolute Gasteiger partial charge is 0.328 e. The summed E-state index contributed by atoms with van der Waals surface area (Å²) in [7, 11) is 0. The van der Waals surface area contributed by atoms with Gasteiger partial charge in [0.2, 0.25) is 0 Å². The van der Waals surface area contributed by atoms with Crippen molar-refractivity contribution in [2.45, 2.75) is 19.1 Å². The second-order valence-corrected chi connectivity index (χ2v) is 4.57. The lowest BCUT2D eigenvalue weighted by Crippen LogP contribution is -2.47. The normalized spacial score (nSPS) is 13.8. The number of carbonyl (C=O) groups excluding carboxylic acids is 1. The first-order valence-electron chi connectivity index (χ1n) is 4.99. The Bertz CT molecular complexity index is 478. The highest BCUT2D eigenvalue weighted by Crippen LogP contribution is 2.15. The number of carboxylic acid groups (broad SMARTS) is 1. The van der Waals surface area contributed by atoms with Crippen molar-refractivity contribution >= 4 is 27.8 Å². The van der Waals surface area contributed by atoms with Crippen molar-refractivity contribution in [3.63, 3.8) is 0 Å². The van der Waals surface area contributed by atoms with Crippen LogP contribution in [0.5, 0.6) is 0 Å². The van der Waals surface area contributed by atoms with Gasteiger partial charge >= 0.3 is 5.97 Å². The number of carboxylic acids is 1. The van der Waals surface area contributed by atoms with Gasteiger partial charge in [0.05, 0.1) is 11.7 Å². The fourth-order valence-electron chi connectivity index (χ4n) is 1.28. The van der Waals surface area contributed by atoms with E-state index >= 15 is 0 Å². The van der Waals surface area contributed by atoms with Crippen molar-refractivity contribution in [3.05, 3.63) is 34.1 Å². The molecular weight excluding hydrogens is 309 g/mol. The van der Waals surface area contributed by atoms with Crippen LogP contribution in [-0.4, -0.2) is 34.2 Å². The molecular formula is C11H11BrFNO4. The van der Waals surface area contributed by atoms with E-state index in [4.69, 9.17) is 5.11 Å². The predicted octanol–water partition coefficient (Wildman–Crippen LogP) is 1.15. The van der Waals surface area contributed by atoms with Crippen molar-refractivity contribution in [2.75, 3.05) is 0 Å². The molecule has 98 valence electrons. The number of aliphatic hydroxyl groups is 1. The number of aliphatic carboxylic acids is 1. The Morgan fingerprint density at radius 1 is 1.44 bits per heavy atom. The molecule has 0 heterocycles. The Morgan fingerprint density at radius 2 is 2.06 bits per heavy atom. The summed E-state index contributed by atoms with van der Waals surface area (Å²) in [6, 6.07) is 2.28. The van der Waals surface area contributed by atoms with E-state index < -0.39 is 29.8 Å². The van der Waals surface area contributed by atoms with E-state index in [1.807, 2.05) is 5.32 Å². The molecule has 0 aliphatic carbocycles. The van der Waals surface area contributed by atoms with Crippen LogP contribution in [0.1, 0.15) is 17.3 Å². The molecule has 0 spiro atoms. The second-order valence-electron chi connectivity index (χ2n) is 3.65. The first-order valence-corrected chi connectivity index (χ1v) is 5.79. The number of hydrogen-bond acceptors (Lipinski definition) is 3. The second kappa shape index (κ2) is 5.92. The summed E-state index contributed by atoms with van der Waals surface area (Å²) in [4.78, 5) is 22.4. The van der Waals surface area contributed by atoms with Crippen LogP contribution in [-0.2, 0) is 4.79 Å². The SMILES string of the molecule is CC(O)C(NC(=O)c1ccc(Br)cc1F)C(=O)O. The Morgan fingerprint density at radius 3 is 2.50 bits per heavy atom. The summed E-state index contributed by atoms with van der Waals surface area (Å²) in [5, 5.41) is 20.0. The summed E-state index contributed by atoms with van der Waals surface area (Å²) < 4.78 is 13.9. The molecule has 3 N–H and O–H groups in total. The third kappa shape index (κ3) is 3.51. The molecule has 1 aromatic carbocycles. The highest BCUT2D eigenvalue weighted by molar-refractivity contribution is 9.10. The Kier molecular flexibility index (Phi) is 4.80. The van der Waals surface area contributed by atoms with E-state index in [1.54, 1.807) is 0 Å². The van der Waals surface area contributed by atoms with E-state index in [9.17, 15) is 19.1 Å². The van der Waals surface area contributed by atoms with Gasteiger partial charge in [-0.2, -0.15) is 0 Å². The highest BCUT2D eigenvalue weighted by atomic mass is 79.9. The fraction of sp³-hybridized carbons (Fsp3) is 0.273. The molecule has 1 rings (SSSR count). The number of amides is 1. The highest BCUT2D eigenvalue weighted by Gasteiger charge is 2.26. The maximum absolute atomic E-state index is 13.5. The molecule has 0 aliphatic heterocycles. The third-order valence-electron chi connectivity index (χ3n) is 2.21. The minimum atomic E-state index is -1.49. The molecule has 1 aromatic rings. The molecule has 0 radical (unpaired) electrons. The van der Waals surface area contributed by atoms with Crippen LogP contribution >= 0.6 is 15.9 Å². The van der Waals surface area contributed by atoms with Crippen molar-refractivity contribution in [3.8, 4) is 0 Å². The van der Waals surface area contributed by atoms with E-state index in [-0.39, 0.29) is 5.56 Å². The molecule has 0 aromatic heterocycles. The monoisotopic (exact) mass is 319 g/mol. The third-order valence-corrected chi connectivity index (χ3v) is 2.70. The minimum Gasteiger partial charge on any atom is -0.480 e. The average Bonchev–Trinajstić information content (AvgIpc) is 2.24. The van der Waals surface area contributed by atoms with E-state index in [2.05, 4.69) is 15.9 Å². The van der Waals surface area contributed by atoms with Gasteiger partial charge in [0.15, 0.2) is 6.04 Å². The molecule has 0 bridgehead atoms. The maximum Gasteiger partial charge on any atom is 0.328 e. The molecule has 2 atom stereocenters. The Hall–Kier alpha value is -1.47. The van der Waals surface area contributed by atoms with E-state index in [1.165, 1.54) is 19.1 Å². The van der Waals surface area contributed by atoms with Crippen LogP contribution in [0.4, 0.5) is 4.39 Å². The zero-order valence-corrected chi connectivity index (χ0v) is 10.9. The summed E-state index contributed by atoms with van der Waals surface area (Å²) >= 11 is 3.04. The quantitative estimate of drug-likeness (QED) is 0.777. The van der Waals surface area contributed by atoms with Crippen LogP contribution < -0.4 is 5.32 Å². The molecule has 18 heavy (non-hydrogen) atoms. The predicted molar refractivity (Wildman–Crippen MR) is 64.7 cm³/mol. The summed E-state index contributed by atoms with van der Waals surface area (Å²) in [5.41, 5.74) is -0.287. The van der Waals surface area contributed by atoms with Gasteiger partial charge in [-0.1, -0.05) is 15.9 Å². The molecule has 1 amide bonds. The number of nitrogens with one attached hydrogen (secondary N) is 1. The maximum atomic E-state index is 13.5. The molecule has 5 nitrogen and oxygen atoms in total. The van der Waals surface area contributed by atoms with Crippen molar-refractivity contribution in [1.29, 1.82) is 0 Å². The number of aliphatic hydroxyl groups excluding tert-OH is 1. The summed E-state index contributed by atoms with van der Waals surface area (Å²) in [6.07, 6.45) is -1.29. The lowest BCUT2D eigenvalue weighted by Gasteiger charge is -2.17. The van der Waals surface area contributed by atoms with E-state index in [0.29, 0.717) is 4.47 Å². The molecule has 2 unspecified atom stereocenters. The zero-order valence-electron chi connectivity index (χ0n) is 9.35. The lowest BCUT2D eigenvalue weighted by atomic mass is 10.1. The fourth-order valence-corrected chi connectivity index (χ4v) is 1.61. The minimum absolute atomic E-state index is 0.287. The molecule has 7 heteroatoms. The standard InChI is InChI=1S/C11H11BrFNO4/c1-5(15)9(11(17)18)14-10(16)7-3-2-6(12)4-8(7)13/h2-5,9,15H,1H3,(H,14,16)(H,17,18). The van der Waals surface area contributed by atoms with Crippen LogP contribution in [0.3, 0.4) is 0 Å². The number of carbonyl (C=O) groups is 2. The molecule has 0 saturated carbocycles. The summed E-state index contributed by atoms with van der Waals surface area (Å²) in [5.74, 6) is -3.07. The van der Waals surface area contributed by atoms with Crippen molar-refractivity contribution < 1.29 is 24.2 Å². The van der Waals surface area contributed by atoms with Gasteiger partial charge in [0.25, 0.3) is 5.91 Å². The zero-order chi connectivity index (χ0) is 13.9. The van der Waals surface area contributed by atoms with Gasteiger partial charge in [-0.3, -0.25) is 4.79 Å². The summed E-state index contributed by atoms with van der Waals surface area (Å²) in [6.45, 7) is 1.22. The van der Waals surface area contributed by atoms with Crippen LogP contribution in [0.25, 0.3) is 0 Å². The Labute approximate surface area is 111 Å². The van der Waals surface area contributed by atoms with Crippen molar-refractivity contribution in [1.82, 2.24) is 5.32 Å². The molecule has 0 saturated heterocycles. The Balaban J connectivity index is 2.91. The largest absolute Gasteiger partial charge is 0.480 e. The van der Waals surface area contributed by atoms with Gasteiger partial charge in [-0.15, -0.1) is 0 Å². The first kappa shape index (κ1) is 14.6. The number of rotatable bonds is 4. The lowest BCUT2D eigenvalue weighted by molar-refractivity contribution is -0.141. The van der Waals surface area contributed by atoms with Gasteiger partial charge < -0.3 is 15.5 Å². The number of halogens is 2. The van der Waals surface area contributed by atoms with Crippen LogP contribution in [0.15, 0.2) is 22.7 Å².